The summed E-state index contributed by atoms with van der Waals surface area (Å²) in [5.41, 5.74) is 9.75. The van der Waals surface area contributed by atoms with Crippen molar-refractivity contribution in [2.24, 2.45) is 0 Å². The molecule has 0 radical (unpaired) electrons. The van der Waals surface area contributed by atoms with Crippen molar-refractivity contribution in [1.82, 2.24) is 4.57 Å². The van der Waals surface area contributed by atoms with Gasteiger partial charge in [-0.15, -0.1) is 0 Å². The molecule has 0 fully saturated rings. The van der Waals surface area contributed by atoms with E-state index in [0.29, 0.717) is 83.4 Å². The number of fused-ring (bicyclic) bond motifs is 7. The van der Waals surface area contributed by atoms with Crippen LogP contribution in [0.1, 0.15) is 92.7 Å². The molecule has 0 saturated heterocycles. The van der Waals surface area contributed by atoms with Crippen molar-refractivity contribution in [3.8, 4) is 83.6 Å². The quantitative estimate of drug-likeness (QED) is 0.120. The van der Waals surface area contributed by atoms with Crippen LogP contribution in [-0.4, -0.2) is 11.3 Å². The van der Waals surface area contributed by atoms with Crippen LogP contribution < -0.4 is 26.2 Å². The first-order valence-corrected chi connectivity index (χ1v) is 33.2. The summed E-state index contributed by atoms with van der Waals surface area (Å²) in [5, 5.41) is -0.00466. The molecule has 0 unspecified atom stereocenters. The first-order chi connectivity index (χ1) is 57.9. The van der Waals surface area contributed by atoms with Gasteiger partial charge >= 0.3 is 0 Å². The third-order valence-electron chi connectivity index (χ3n) is 19.9. The van der Waals surface area contributed by atoms with Gasteiger partial charge in [-0.05, 0) is 268 Å². The number of rotatable bonds is 11. The zero-order chi connectivity index (χ0) is 87.5. The fraction of sp³-hybridized carbons (Fsp3) is 0.116. The maximum absolute atomic E-state index is 11.2. The van der Waals surface area contributed by atoms with Crippen LogP contribution >= 0.6 is 0 Å². The maximum atomic E-state index is 11.2. The predicted molar refractivity (Wildman–Crippen MR) is 424 cm³/mol. The highest BCUT2D eigenvalue weighted by atomic mass is 15.2. The van der Waals surface area contributed by atoms with E-state index in [1.54, 1.807) is 28.0 Å². The molecule has 2 aliphatic heterocycles. The second-order valence-electron chi connectivity index (χ2n) is 26.2. The highest BCUT2D eigenvalue weighted by Crippen LogP contribution is 2.52. The third-order valence-corrected chi connectivity index (χ3v) is 19.9. The first kappa shape index (κ1) is 40.9. The summed E-state index contributed by atoms with van der Waals surface area (Å²) in [4.78, 5) is 3.35. The molecule has 14 aromatic carbocycles. The van der Waals surface area contributed by atoms with Gasteiger partial charge in [-0.1, -0.05) is 224 Å². The molecule has 0 atom stereocenters. The standard InChI is InChI=1S/C95H78BN3/c1-58-23-17-24-59(2)89(58)71-41-39-68(40-42-71)57-97-85-50-45-74(92-64(7)29-20-30-65(92)8)53-82(85)96-81-47-46-76(98-83-48-43-72(90-60(3)25-18-26-61(90)4)51-79(83)80-52-73(44-49-84(80)98)91-62(5)27-19-28-63(91)6)56-86(81)99(88-55-75(54-87(97)94(88)96)93-66(9)31-21-32-67(93)10)95-77(69-33-13-11-14-34-69)37-22-38-78(95)70-35-15-12-16-36-70/h11-56H,57H2,1-10H3/i11D,12D,13D,14D,15D,16D,33D,34D,35D,36D,39D,40D,41D,42D,43D,44D,45D,48D,49D,50D,51D,52D,53D. The van der Waals surface area contributed by atoms with E-state index in [2.05, 4.69) is 0 Å². The lowest BCUT2D eigenvalue weighted by Crippen LogP contribution is -2.62. The van der Waals surface area contributed by atoms with Gasteiger partial charge in [-0.25, -0.2) is 0 Å². The summed E-state index contributed by atoms with van der Waals surface area (Å²) in [5.74, 6) is 0. The zero-order valence-corrected chi connectivity index (χ0v) is 56.4. The summed E-state index contributed by atoms with van der Waals surface area (Å²) in [6, 6.07) is 29.0. The van der Waals surface area contributed by atoms with E-state index in [1.165, 1.54) is 22.8 Å². The second kappa shape index (κ2) is 24.3. The summed E-state index contributed by atoms with van der Waals surface area (Å²) >= 11 is 0. The van der Waals surface area contributed by atoms with E-state index in [9.17, 15) is 28.8 Å². The molecule has 4 heteroatoms. The molecule has 99 heavy (non-hydrogen) atoms. The van der Waals surface area contributed by atoms with E-state index in [4.69, 9.17) is 2.74 Å². The van der Waals surface area contributed by atoms with Gasteiger partial charge in [0.2, 0.25) is 0 Å². The molecule has 476 valence electrons. The number of para-hydroxylation sites is 1. The Kier molecular flexibility index (Phi) is 10.0. The van der Waals surface area contributed by atoms with Crippen molar-refractivity contribution >= 4 is 73.3 Å². The molecule has 0 N–H and O–H groups in total. The maximum Gasteiger partial charge on any atom is 0.252 e. The van der Waals surface area contributed by atoms with Crippen LogP contribution in [0.2, 0.25) is 0 Å². The number of nitrogens with zero attached hydrogens (tertiary/aromatic N) is 3. The zero-order valence-electron chi connectivity index (χ0n) is 79.4. The van der Waals surface area contributed by atoms with Crippen molar-refractivity contribution < 1.29 is 31.5 Å². The van der Waals surface area contributed by atoms with Gasteiger partial charge in [0, 0.05) is 56.9 Å². The van der Waals surface area contributed by atoms with Crippen LogP contribution in [0, 0.1) is 69.2 Å². The minimum atomic E-state index is -1.32. The summed E-state index contributed by atoms with van der Waals surface area (Å²) < 4.78 is 233. The van der Waals surface area contributed by atoms with Crippen LogP contribution in [0.15, 0.2) is 279 Å². The Morgan fingerprint density at radius 1 is 0.323 bits per heavy atom. The van der Waals surface area contributed by atoms with Crippen LogP contribution in [0.4, 0.5) is 28.4 Å². The van der Waals surface area contributed by atoms with Crippen molar-refractivity contribution in [3.63, 3.8) is 0 Å². The molecule has 0 aliphatic carbocycles. The van der Waals surface area contributed by atoms with Gasteiger partial charge < -0.3 is 14.4 Å². The highest BCUT2D eigenvalue weighted by Gasteiger charge is 2.45. The molecule has 1 aromatic heterocycles. The molecule has 3 heterocycles. The van der Waals surface area contributed by atoms with Crippen LogP contribution in [0.3, 0.4) is 0 Å². The van der Waals surface area contributed by atoms with Gasteiger partial charge in [0.25, 0.3) is 6.71 Å². The normalized spacial score (nSPS) is 15.6. The van der Waals surface area contributed by atoms with Crippen molar-refractivity contribution in [2.75, 3.05) is 9.80 Å². The third kappa shape index (κ3) is 10.2. The molecule has 0 spiro atoms. The average Bonchev–Trinajstić information content (AvgIpc) is 1.15. The SMILES string of the molecule is [2H]c1c([2H])c([2H])c(-c2cccc(-c3c([2H])c([2H])c([2H])c([2H])c3[2H])c2N2c3cc(-n4c5c([2H])c([2H])c(-c6c(C)cccc6C)c([2H])c5c5c([2H])c(-c6c(C)cccc6C)c([2H])c([2H])c54)ccc3B3c4c(cc(-c5c(C)cccc5C)cc42)N(Cc2c([2H])c([2H])c(-c4c(C)cccc4C)c([2H])c2[2H])c2c([2H])c([2H])c(-c4c(C)cccc4C)c([2H])c23)c([2H])c1[2H]. The second-order valence-corrected chi connectivity index (χ2v) is 26.2. The van der Waals surface area contributed by atoms with Crippen molar-refractivity contribution in [3.05, 3.63) is 340 Å². The lowest BCUT2D eigenvalue weighted by atomic mass is 9.33. The predicted octanol–water partition coefficient (Wildman–Crippen LogP) is 23.5. The number of anilines is 5. The molecular weight excluding hydrogens is 1190 g/mol. The molecule has 3 nitrogen and oxygen atoms in total. The van der Waals surface area contributed by atoms with Gasteiger partial charge in [-0.3, -0.25) is 0 Å². The molecule has 0 amide bonds. The Morgan fingerprint density at radius 3 is 1.20 bits per heavy atom. The summed E-state index contributed by atoms with van der Waals surface area (Å²) in [7, 11) is 0. The van der Waals surface area contributed by atoms with Crippen molar-refractivity contribution in [2.45, 2.75) is 75.8 Å². The molecule has 0 saturated carbocycles. The van der Waals surface area contributed by atoms with Crippen LogP contribution in [-0.2, 0) is 6.54 Å². The lowest BCUT2D eigenvalue weighted by molar-refractivity contribution is 0.979. The van der Waals surface area contributed by atoms with E-state index < -0.39 is 115 Å². The largest absolute Gasteiger partial charge is 0.338 e. The minimum absolute atomic E-state index is 0.00233. The minimum Gasteiger partial charge on any atom is -0.338 e. The summed E-state index contributed by atoms with van der Waals surface area (Å²) in [6.45, 7) is 16.6. The van der Waals surface area contributed by atoms with Crippen LogP contribution in [0.25, 0.3) is 105 Å². The Labute approximate surface area is 616 Å². The Hall–Kier alpha value is -11.5. The van der Waals surface area contributed by atoms with Crippen molar-refractivity contribution in [1.29, 1.82) is 0 Å². The monoisotopic (exact) mass is 1290 g/mol. The Morgan fingerprint density at radius 2 is 0.727 bits per heavy atom. The van der Waals surface area contributed by atoms with E-state index in [1.807, 2.05) is 172 Å². The Balaban J connectivity index is 1.12. The first-order valence-electron chi connectivity index (χ1n) is 44.7. The smallest absolute Gasteiger partial charge is 0.252 e. The van der Waals surface area contributed by atoms with E-state index >= 15 is 0 Å². The Bertz CT molecular complexity index is 6850. The molecular formula is C95H78BN3. The number of hydrogen-bond acceptors (Lipinski definition) is 2. The average molecular weight is 1300 g/mol. The summed E-state index contributed by atoms with van der Waals surface area (Å²) in [6.07, 6.45) is 0. The molecule has 17 rings (SSSR count). The van der Waals surface area contributed by atoms with Gasteiger partial charge in [0.05, 0.1) is 48.2 Å². The highest BCUT2D eigenvalue weighted by molar-refractivity contribution is 7.00. The number of aromatic nitrogens is 1. The fourth-order valence-electron chi connectivity index (χ4n) is 15.5. The van der Waals surface area contributed by atoms with Gasteiger partial charge in [0.15, 0.2) is 0 Å². The van der Waals surface area contributed by atoms with E-state index in [-0.39, 0.29) is 154 Å². The molecule has 2 aliphatic rings. The fourth-order valence-corrected chi connectivity index (χ4v) is 15.5. The number of benzene rings is 14. The van der Waals surface area contributed by atoms with Gasteiger partial charge in [-0.2, -0.15) is 0 Å². The number of hydrogen-bond donors (Lipinski definition) is 0. The topological polar surface area (TPSA) is 11.4 Å². The van der Waals surface area contributed by atoms with Gasteiger partial charge in [0.1, 0.15) is 0 Å². The van der Waals surface area contributed by atoms with Crippen LogP contribution in [0.5, 0.6) is 0 Å². The molecule has 15 aromatic rings. The lowest BCUT2D eigenvalue weighted by Gasteiger charge is -2.45. The number of aryl methyl sites for hydroxylation is 10. The molecule has 0 bridgehead atoms. The van der Waals surface area contributed by atoms with E-state index in [0.717, 1.165) is 11.1 Å².